The van der Waals surface area contributed by atoms with Crippen LogP contribution in [0.15, 0.2) is 53.5 Å². The molecule has 0 aliphatic carbocycles. The van der Waals surface area contributed by atoms with Gasteiger partial charge in [-0.3, -0.25) is 14.9 Å². The molecule has 11 heteroatoms. The SMILES string of the molecule is CN(C)C(=O)CNC(=NCc1ccc([N+](=O)[O-])cc1)N1CCN(c2ccc(F)cc2)CC1.I. The van der Waals surface area contributed by atoms with Crippen LogP contribution in [0.25, 0.3) is 0 Å². The van der Waals surface area contributed by atoms with Crippen LogP contribution in [0, 0.1) is 15.9 Å². The number of guanidine groups is 1. The minimum absolute atomic E-state index is 0. The second kappa shape index (κ2) is 12.3. The van der Waals surface area contributed by atoms with Crippen LogP contribution in [0.2, 0.25) is 0 Å². The number of amides is 1. The Balaban J connectivity index is 0.00000385. The van der Waals surface area contributed by atoms with Gasteiger partial charge in [-0.1, -0.05) is 12.1 Å². The van der Waals surface area contributed by atoms with Gasteiger partial charge >= 0.3 is 0 Å². The molecule has 1 amide bonds. The smallest absolute Gasteiger partial charge is 0.269 e. The Labute approximate surface area is 209 Å². The lowest BCUT2D eigenvalue weighted by molar-refractivity contribution is -0.384. The Morgan fingerprint density at radius 3 is 2.24 bits per heavy atom. The van der Waals surface area contributed by atoms with E-state index in [1.807, 2.05) is 0 Å². The first-order chi connectivity index (χ1) is 15.3. The molecule has 1 aliphatic heterocycles. The number of likely N-dealkylation sites (N-methyl/N-ethyl adjacent to an activating group) is 1. The molecule has 0 radical (unpaired) electrons. The van der Waals surface area contributed by atoms with Gasteiger partial charge in [-0.05, 0) is 29.8 Å². The van der Waals surface area contributed by atoms with E-state index in [0.717, 1.165) is 24.3 Å². The highest BCUT2D eigenvalue weighted by Gasteiger charge is 2.21. The fourth-order valence-corrected chi connectivity index (χ4v) is 3.30. The Bertz CT molecular complexity index is 961. The summed E-state index contributed by atoms with van der Waals surface area (Å²) in [4.78, 5) is 32.9. The molecule has 178 valence electrons. The molecule has 1 saturated heterocycles. The highest BCUT2D eigenvalue weighted by molar-refractivity contribution is 14.0. The molecule has 0 aromatic heterocycles. The van der Waals surface area contributed by atoms with Crippen LogP contribution in [-0.4, -0.2) is 73.4 Å². The lowest BCUT2D eigenvalue weighted by atomic mass is 10.2. The molecule has 0 bridgehead atoms. The van der Waals surface area contributed by atoms with E-state index >= 15 is 0 Å². The minimum Gasteiger partial charge on any atom is -0.368 e. The van der Waals surface area contributed by atoms with Gasteiger partial charge in [-0.15, -0.1) is 24.0 Å². The van der Waals surface area contributed by atoms with Crippen molar-refractivity contribution in [2.75, 3.05) is 51.7 Å². The number of nitro groups is 1. The van der Waals surface area contributed by atoms with Crippen molar-refractivity contribution in [2.45, 2.75) is 6.54 Å². The highest BCUT2D eigenvalue weighted by atomic mass is 127. The number of carbonyl (C=O) groups excluding carboxylic acids is 1. The maximum atomic E-state index is 13.2. The van der Waals surface area contributed by atoms with E-state index in [4.69, 9.17) is 0 Å². The number of hydrogen-bond donors (Lipinski definition) is 1. The zero-order valence-electron chi connectivity index (χ0n) is 18.6. The van der Waals surface area contributed by atoms with E-state index in [-0.39, 0.29) is 47.9 Å². The number of halogens is 2. The monoisotopic (exact) mass is 570 g/mol. The average molecular weight is 570 g/mol. The summed E-state index contributed by atoms with van der Waals surface area (Å²) in [7, 11) is 3.39. The fourth-order valence-electron chi connectivity index (χ4n) is 3.30. The second-order valence-electron chi connectivity index (χ2n) is 7.66. The summed E-state index contributed by atoms with van der Waals surface area (Å²) >= 11 is 0. The second-order valence-corrected chi connectivity index (χ2v) is 7.66. The summed E-state index contributed by atoms with van der Waals surface area (Å²) < 4.78 is 13.2. The van der Waals surface area contributed by atoms with Gasteiger partial charge in [0.2, 0.25) is 5.91 Å². The number of nitrogens with one attached hydrogen (secondary N) is 1. The van der Waals surface area contributed by atoms with E-state index in [9.17, 15) is 19.3 Å². The van der Waals surface area contributed by atoms with Gasteiger partial charge in [-0.25, -0.2) is 9.38 Å². The summed E-state index contributed by atoms with van der Waals surface area (Å²) in [5, 5.41) is 14.0. The third-order valence-electron chi connectivity index (χ3n) is 5.23. The number of piperazine rings is 1. The highest BCUT2D eigenvalue weighted by Crippen LogP contribution is 2.17. The Morgan fingerprint density at radius 2 is 1.70 bits per heavy atom. The molecule has 9 nitrogen and oxygen atoms in total. The van der Waals surface area contributed by atoms with E-state index in [1.165, 1.54) is 29.2 Å². The third-order valence-corrected chi connectivity index (χ3v) is 5.23. The van der Waals surface area contributed by atoms with Crippen LogP contribution in [0.5, 0.6) is 0 Å². The maximum Gasteiger partial charge on any atom is 0.269 e. The largest absolute Gasteiger partial charge is 0.368 e. The van der Waals surface area contributed by atoms with Gasteiger partial charge in [0, 0.05) is 58.1 Å². The lowest BCUT2D eigenvalue weighted by Crippen LogP contribution is -2.53. The van der Waals surface area contributed by atoms with Gasteiger partial charge in [0.15, 0.2) is 5.96 Å². The number of hydrogen-bond acceptors (Lipinski definition) is 5. The van der Waals surface area contributed by atoms with Crippen LogP contribution < -0.4 is 10.2 Å². The fraction of sp³-hybridized carbons (Fsp3) is 0.364. The van der Waals surface area contributed by atoms with Crippen molar-refractivity contribution in [3.05, 3.63) is 70.0 Å². The van der Waals surface area contributed by atoms with Gasteiger partial charge in [0.1, 0.15) is 5.82 Å². The molecule has 0 unspecified atom stereocenters. The molecule has 1 aliphatic rings. The van der Waals surface area contributed by atoms with E-state index in [2.05, 4.69) is 20.1 Å². The molecule has 0 atom stereocenters. The van der Waals surface area contributed by atoms with Gasteiger partial charge < -0.3 is 20.0 Å². The molecule has 1 fully saturated rings. The lowest BCUT2D eigenvalue weighted by Gasteiger charge is -2.37. The number of aliphatic imine (C=N–C) groups is 1. The normalized spacial score (nSPS) is 13.8. The molecule has 3 rings (SSSR count). The van der Waals surface area contributed by atoms with Crippen LogP contribution in [0.1, 0.15) is 5.56 Å². The quantitative estimate of drug-likeness (QED) is 0.189. The number of rotatable bonds is 6. The van der Waals surface area contributed by atoms with Crippen LogP contribution in [0.3, 0.4) is 0 Å². The van der Waals surface area contributed by atoms with Crippen LogP contribution in [-0.2, 0) is 11.3 Å². The summed E-state index contributed by atoms with van der Waals surface area (Å²) in [5.41, 5.74) is 1.83. The average Bonchev–Trinajstić information content (AvgIpc) is 2.80. The minimum atomic E-state index is -0.437. The molecule has 1 N–H and O–H groups in total. The van der Waals surface area contributed by atoms with Crippen LogP contribution in [0.4, 0.5) is 15.8 Å². The van der Waals surface area contributed by atoms with Crippen molar-refractivity contribution >= 4 is 47.2 Å². The first kappa shape index (κ1) is 26.3. The maximum absolute atomic E-state index is 13.2. The number of nitrogens with zero attached hydrogens (tertiary/aromatic N) is 5. The van der Waals surface area contributed by atoms with E-state index < -0.39 is 4.92 Å². The van der Waals surface area contributed by atoms with Crippen LogP contribution >= 0.6 is 24.0 Å². The number of anilines is 1. The first-order valence-electron chi connectivity index (χ1n) is 10.3. The predicted octanol–water partition coefficient (Wildman–Crippen LogP) is 2.71. The molecule has 1 heterocycles. The Morgan fingerprint density at radius 1 is 1.09 bits per heavy atom. The predicted molar refractivity (Wildman–Crippen MR) is 137 cm³/mol. The molecule has 0 saturated carbocycles. The molecule has 33 heavy (non-hydrogen) atoms. The number of carbonyl (C=O) groups is 1. The zero-order chi connectivity index (χ0) is 23.1. The van der Waals surface area contributed by atoms with Gasteiger partial charge in [-0.2, -0.15) is 0 Å². The molecule has 0 spiro atoms. The van der Waals surface area contributed by atoms with Gasteiger partial charge in [0.05, 0.1) is 18.0 Å². The van der Waals surface area contributed by atoms with Crippen molar-refractivity contribution in [2.24, 2.45) is 4.99 Å². The van der Waals surface area contributed by atoms with Crippen molar-refractivity contribution in [3.8, 4) is 0 Å². The summed E-state index contributed by atoms with van der Waals surface area (Å²) in [6, 6.07) is 12.7. The molecule has 2 aromatic carbocycles. The van der Waals surface area contributed by atoms with Crippen molar-refractivity contribution in [3.63, 3.8) is 0 Å². The van der Waals surface area contributed by atoms with Crippen molar-refractivity contribution in [1.82, 2.24) is 15.1 Å². The molecular formula is C22H28FIN6O3. The molecule has 2 aromatic rings. The third kappa shape index (κ3) is 7.55. The van der Waals surface area contributed by atoms with Gasteiger partial charge in [0.25, 0.3) is 5.69 Å². The standard InChI is InChI=1S/C22H27FN6O3.HI/c1-26(2)21(30)16-25-22(24-15-17-3-7-20(8-4-17)29(31)32)28-13-11-27(12-14-28)19-9-5-18(23)6-10-19;/h3-10H,11-16H2,1-2H3,(H,24,25);1H. The van der Waals surface area contributed by atoms with Crippen molar-refractivity contribution in [1.29, 1.82) is 0 Å². The zero-order valence-corrected chi connectivity index (χ0v) is 20.9. The molecular weight excluding hydrogens is 542 g/mol. The summed E-state index contributed by atoms with van der Waals surface area (Å²) in [6.45, 7) is 3.26. The van der Waals surface area contributed by atoms with E-state index in [1.54, 1.807) is 38.4 Å². The topological polar surface area (TPSA) is 94.3 Å². The first-order valence-corrected chi connectivity index (χ1v) is 10.3. The number of benzene rings is 2. The Kier molecular flexibility index (Phi) is 9.82. The van der Waals surface area contributed by atoms with Crippen molar-refractivity contribution < 1.29 is 14.1 Å². The summed E-state index contributed by atoms with van der Waals surface area (Å²) in [6.07, 6.45) is 0. The number of nitro benzene ring substituents is 1. The Hall–Kier alpha value is -2.96. The number of non-ortho nitro benzene ring substituents is 1. The van der Waals surface area contributed by atoms with E-state index in [0.29, 0.717) is 25.6 Å². The summed E-state index contributed by atoms with van der Waals surface area (Å²) in [5.74, 6) is 0.276.